The maximum absolute atomic E-state index is 12.5. The van der Waals surface area contributed by atoms with Crippen LogP contribution in [-0.2, 0) is 10.0 Å². The molecule has 2 aromatic rings. The predicted molar refractivity (Wildman–Crippen MR) is 103 cm³/mol. The summed E-state index contributed by atoms with van der Waals surface area (Å²) in [6.45, 7) is 4.32. The minimum absolute atomic E-state index is 0.0802. The zero-order valence-electron chi connectivity index (χ0n) is 14.7. The average molecular weight is 373 g/mol. The number of anilines is 2. The van der Waals surface area contributed by atoms with Crippen LogP contribution in [0.5, 0.6) is 0 Å². The van der Waals surface area contributed by atoms with Crippen molar-refractivity contribution in [3.05, 3.63) is 54.1 Å². The van der Waals surface area contributed by atoms with Crippen LogP contribution in [0.3, 0.4) is 0 Å². The van der Waals surface area contributed by atoms with Crippen molar-refractivity contribution >= 4 is 27.3 Å². The topological polar surface area (TPSA) is 92.5 Å². The monoisotopic (exact) mass is 373 g/mol. The van der Waals surface area contributed by atoms with Crippen LogP contribution in [0.2, 0.25) is 0 Å². The first-order valence-corrected chi connectivity index (χ1v) is 10.1. The standard InChI is InChI=1S/C19H23N3O3S/c1-14-10-12-22(13-11-14)17-6-4-16(5-7-17)21-26(24,25)18-8-2-15(3-9-18)19(20)23/h2-9,14,21H,10-13H2,1H3,(H2,20,23). The molecule has 0 spiro atoms. The number of sulfonamides is 1. The van der Waals surface area contributed by atoms with E-state index in [1.807, 2.05) is 12.1 Å². The fourth-order valence-corrected chi connectivity index (χ4v) is 4.08. The number of amides is 1. The van der Waals surface area contributed by atoms with Crippen molar-refractivity contribution in [2.24, 2.45) is 11.7 Å². The Balaban J connectivity index is 1.70. The van der Waals surface area contributed by atoms with E-state index in [0.29, 0.717) is 5.69 Å². The molecule has 1 heterocycles. The average Bonchev–Trinajstić information content (AvgIpc) is 2.63. The highest BCUT2D eigenvalue weighted by molar-refractivity contribution is 7.92. The molecule has 0 unspecified atom stereocenters. The number of primary amides is 1. The zero-order chi connectivity index (χ0) is 18.7. The first kappa shape index (κ1) is 18.3. The van der Waals surface area contributed by atoms with E-state index in [4.69, 9.17) is 5.73 Å². The smallest absolute Gasteiger partial charge is 0.261 e. The highest BCUT2D eigenvalue weighted by atomic mass is 32.2. The number of carbonyl (C=O) groups excluding carboxylic acids is 1. The highest BCUT2D eigenvalue weighted by Crippen LogP contribution is 2.25. The minimum atomic E-state index is -3.72. The molecule has 1 aliphatic heterocycles. The fraction of sp³-hybridized carbons (Fsp3) is 0.316. The van der Waals surface area contributed by atoms with Crippen molar-refractivity contribution in [3.63, 3.8) is 0 Å². The third-order valence-electron chi connectivity index (χ3n) is 4.72. The third-order valence-corrected chi connectivity index (χ3v) is 6.11. The molecule has 1 amide bonds. The molecule has 26 heavy (non-hydrogen) atoms. The lowest BCUT2D eigenvalue weighted by molar-refractivity contribution is 0.1000. The summed E-state index contributed by atoms with van der Waals surface area (Å²) in [7, 11) is -3.72. The number of carbonyl (C=O) groups is 1. The van der Waals surface area contributed by atoms with Crippen LogP contribution in [0.4, 0.5) is 11.4 Å². The van der Waals surface area contributed by atoms with Gasteiger partial charge in [-0.2, -0.15) is 0 Å². The molecule has 3 N–H and O–H groups in total. The lowest BCUT2D eigenvalue weighted by Gasteiger charge is -2.32. The molecular weight excluding hydrogens is 350 g/mol. The SMILES string of the molecule is CC1CCN(c2ccc(NS(=O)(=O)c3ccc(C(N)=O)cc3)cc2)CC1. The van der Waals surface area contributed by atoms with Gasteiger partial charge in [0.2, 0.25) is 5.91 Å². The lowest BCUT2D eigenvalue weighted by atomic mass is 9.99. The largest absolute Gasteiger partial charge is 0.372 e. The van der Waals surface area contributed by atoms with Crippen LogP contribution in [0, 0.1) is 5.92 Å². The summed E-state index contributed by atoms with van der Waals surface area (Å²) >= 11 is 0. The summed E-state index contributed by atoms with van der Waals surface area (Å²) < 4.78 is 27.5. The number of nitrogens with two attached hydrogens (primary N) is 1. The van der Waals surface area contributed by atoms with E-state index >= 15 is 0 Å². The van der Waals surface area contributed by atoms with Crippen LogP contribution in [0.15, 0.2) is 53.4 Å². The molecule has 3 rings (SSSR count). The quantitative estimate of drug-likeness (QED) is 0.843. The normalized spacial score (nSPS) is 15.7. The highest BCUT2D eigenvalue weighted by Gasteiger charge is 2.17. The van der Waals surface area contributed by atoms with Crippen molar-refractivity contribution in [3.8, 4) is 0 Å². The Labute approximate surface area is 154 Å². The van der Waals surface area contributed by atoms with Crippen LogP contribution >= 0.6 is 0 Å². The van der Waals surface area contributed by atoms with E-state index in [1.165, 1.54) is 37.1 Å². The number of rotatable bonds is 5. The predicted octanol–water partition coefficient (Wildman–Crippen LogP) is 2.82. The molecular formula is C19H23N3O3S. The molecule has 0 saturated carbocycles. The van der Waals surface area contributed by atoms with Crippen LogP contribution in [0.1, 0.15) is 30.1 Å². The van der Waals surface area contributed by atoms with Crippen LogP contribution < -0.4 is 15.4 Å². The summed E-state index contributed by atoms with van der Waals surface area (Å²) in [4.78, 5) is 13.5. The van der Waals surface area contributed by atoms with E-state index in [0.717, 1.165) is 24.7 Å². The van der Waals surface area contributed by atoms with Gasteiger partial charge in [-0.1, -0.05) is 6.92 Å². The van der Waals surface area contributed by atoms with E-state index in [2.05, 4.69) is 16.5 Å². The molecule has 2 aromatic carbocycles. The Morgan fingerprint density at radius 1 is 1.04 bits per heavy atom. The second-order valence-electron chi connectivity index (χ2n) is 6.71. The van der Waals surface area contributed by atoms with E-state index in [1.54, 1.807) is 12.1 Å². The van der Waals surface area contributed by atoms with Gasteiger partial charge in [-0.3, -0.25) is 9.52 Å². The summed E-state index contributed by atoms with van der Waals surface area (Å²) in [6, 6.07) is 12.9. The van der Waals surface area contributed by atoms with Gasteiger partial charge in [0.1, 0.15) is 0 Å². The number of nitrogens with zero attached hydrogens (tertiary/aromatic N) is 1. The first-order valence-electron chi connectivity index (χ1n) is 8.63. The maximum atomic E-state index is 12.5. The molecule has 0 aliphatic carbocycles. The van der Waals surface area contributed by atoms with Gasteiger partial charge in [-0.25, -0.2) is 8.42 Å². The third kappa shape index (κ3) is 4.16. The summed E-state index contributed by atoms with van der Waals surface area (Å²) in [5.74, 6) is 0.169. The van der Waals surface area contributed by atoms with Crippen LogP contribution in [-0.4, -0.2) is 27.4 Å². The molecule has 7 heteroatoms. The van der Waals surface area contributed by atoms with E-state index in [9.17, 15) is 13.2 Å². The minimum Gasteiger partial charge on any atom is -0.372 e. The number of hydrogen-bond acceptors (Lipinski definition) is 4. The number of nitrogens with one attached hydrogen (secondary N) is 1. The summed E-state index contributed by atoms with van der Waals surface area (Å²) in [6.07, 6.45) is 2.35. The van der Waals surface area contributed by atoms with E-state index < -0.39 is 15.9 Å². The molecule has 138 valence electrons. The Kier molecular flexibility index (Phi) is 5.18. The van der Waals surface area contributed by atoms with Gasteiger partial charge in [0.25, 0.3) is 10.0 Å². The van der Waals surface area contributed by atoms with Gasteiger partial charge in [0.05, 0.1) is 4.90 Å². The van der Waals surface area contributed by atoms with Gasteiger partial charge in [0, 0.05) is 30.0 Å². The molecule has 1 saturated heterocycles. The second kappa shape index (κ2) is 7.37. The van der Waals surface area contributed by atoms with Gasteiger partial charge in [0.15, 0.2) is 0 Å². The molecule has 1 fully saturated rings. The van der Waals surface area contributed by atoms with E-state index in [-0.39, 0.29) is 10.5 Å². The lowest BCUT2D eigenvalue weighted by Crippen LogP contribution is -2.32. The Morgan fingerprint density at radius 2 is 1.62 bits per heavy atom. The van der Waals surface area contributed by atoms with Crippen molar-refractivity contribution in [1.82, 2.24) is 0 Å². The summed E-state index contributed by atoms with van der Waals surface area (Å²) in [5.41, 5.74) is 7.04. The molecule has 0 bridgehead atoms. The number of benzene rings is 2. The van der Waals surface area contributed by atoms with Crippen LogP contribution in [0.25, 0.3) is 0 Å². The van der Waals surface area contributed by atoms with Crippen molar-refractivity contribution < 1.29 is 13.2 Å². The Bertz CT molecular complexity index is 869. The number of piperidine rings is 1. The van der Waals surface area contributed by atoms with Gasteiger partial charge in [-0.05, 0) is 67.3 Å². The van der Waals surface area contributed by atoms with Crippen molar-refractivity contribution in [2.45, 2.75) is 24.7 Å². The molecule has 6 nitrogen and oxygen atoms in total. The molecule has 1 aliphatic rings. The fourth-order valence-electron chi connectivity index (χ4n) is 3.02. The van der Waals surface area contributed by atoms with Crippen molar-refractivity contribution in [2.75, 3.05) is 22.7 Å². The van der Waals surface area contributed by atoms with Crippen molar-refractivity contribution in [1.29, 1.82) is 0 Å². The second-order valence-corrected chi connectivity index (χ2v) is 8.39. The van der Waals surface area contributed by atoms with Gasteiger partial charge >= 0.3 is 0 Å². The summed E-state index contributed by atoms with van der Waals surface area (Å²) in [5, 5.41) is 0. The van der Waals surface area contributed by atoms with Gasteiger partial charge < -0.3 is 10.6 Å². The Morgan fingerprint density at radius 3 is 2.15 bits per heavy atom. The van der Waals surface area contributed by atoms with Gasteiger partial charge in [-0.15, -0.1) is 0 Å². The molecule has 0 atom stereocenters. The maximum Gasteiger partial charge on any atom is 0.261 e. The zero-order valence-corrected chi connectivity index (χ0v) is 15.5. The first-order chi connectivity index (χ1) is 12.3. The number of hydrogen-bond donors (Lipinski definition) is 2. The molecule has 0 radical (unpaired) electrons. The molecule has 0 aromatic heterocycles. The Hall–Kier alpha value is -2.54.